The quantitative estimate of drug-likeness (QED) is 0.569. The molecule has 1 saturated heterocycles. The van der Waals surface area contributed by atoms with Gasteiger partial charge in [0, 0.05) is 32.4 Å². The van der Waals surface area contributed by atoms with E-state index in [9.17, 15) is 19.5 Å². The SMILES string of the molecule is CC(=O)OC[C@H]1SC(CO)C[C@@H](OC(C)=O)[C@@H]1OC(C)=O. The molecule has 0 saturated carbocycles. The second-order valence-electron chi connectivity index (χ2n) is 4.74. The van der Waals surface area contributed by atoms with Crippen LogP contribution in [-0.2, 0) is 28.6 Å². The van der Waals surface area contributed by atoms with E-state index in [2.05, 4.69) is 0 Å². The van der Waals surface area contributed by atoms with Crippen molar-refractivity contribution in [3.63, 3.8) is 0 Å². The molecule has 0 spiro atoms. The maximum absolute atomic E-state index is 11.2. The summed E-state index contributed by atoms with van der Waals surface area (Å²) in [6, 6.07) is 0. The van der Waals surface area contributed by atoms with E-state index in [0.29, 0.717) is 6.42 Å². The van der Waals surface area contributed by atoms with Gasteiger partial charge in [-0.3, -0.25) is 14.4 Å². The number of thioether (sulfide) groups is 1. The van der Waals surface area contributed by atoms with Crippen molar-refractivity contribution in [2.75, 3.05) is 13.2 Å². The highest BCUT2D eigenvalue weighted by Crippen LogP contribution is 2.35. The molecule has 1 fully saturated rings. The average molecular weight is 320 g/mol. The molecule has 120 valence electrons. The standard InChI is InChI=1S/C13H20O7S/c1-7(15)18-6-12-13(20-9(3)17)11(19-8(2)16)4-10(5-14)21-12/h10-14H,4-6H2,1-3H3/t10?,11-,12-,13+/m1/s1. The monoisotopic (exact) mass is 320 g/mol. The van der Waals surface area contributed by atoms with Crippen LogP contribution in [0.3, 0.4) is 0 Å². The van der Waals surface area contributed by atoms with Gasteiger partial charge in [0.05, 0.1) is 11.9 Å². The lowest BCUT2D eigenvalue weighted by molar-refractivity contribution is -0.168. The van der Waals surface area contributed by atoms with Gasteiger partial charge in [-0.05, 0) is 0 Å². The van der Waals surface area contributed by atoms with E-state index in [1.54, 1.807) is 0 Å². The maximum Gasteiger partial charge on any atom is 0.303 e. The predicted octanol–water partition coefficient (Wildman–Crippen LogP) is 0.279. The molecule has 0 amide bonds. The number of carbonyl (C=O) groups excluding carboxylic acids is 3. The number of hydrogen-bond acceptors (Lipinski definition) is 8. The zero-order chi connectivity index (χ0) is 16.0. The van der Waals surface area contributed by atoms with Crippen LogP contribution in [-0.4, -0.2) is 58.9 Å². The molecule has 8 heteroatoms. The van der Waals surface area contributed by atoms with E-state index in [4.69, 9.17) is 14.2 Å². The second-order valence-corrected chi connectivity index (χ2v) is 6.28. The van der Waals surface area contributed by atoms with Gasteiger partial charge in [0.15, 0.2) is 6.10 Å². The number of hydrogen-bond donors (Lipinski definition) is 1. The molecule has 1 rings (SSSR count). The first-order valence-corrected chi connectivity index (χ1v) is 7.51. The molecule has 1 aliphatic heterocycles. The maximum atomic E-state index is 11.2. The highest BCUT2D eigenvalue weighted by Gasteiger charge is 2.42. The summed E-state index contributed by atoms with van der Waals surface area (Å²) in [4.78, 5) is 33.4. The Morgan fingerprint density at radius 3 is 2.19 bits per heavy atom. The first kappa shape index (κ1) is 17.8. The lowest BCUT2D eigenvalue weighted by Crippen LogP contribution is -2.50. The van der Waals surface area contributed by atoms with Gasteiger partial charge in [0.1, 0.15) is 12.7 Å². The smallest absolute Gasteiger partial charge is 0.303 e. The van der Waals surface area contributed by atoms with Gasteiger partial charge < -0.3 is 19.3 Å². The van der Waals surface area contributed by atoms with Crippen LogP contribution in [0.1, 0.15) is 27.2 Å². The molecule has 1 aliphatic rings. The third-order valence-electron chi connectivity index (χ3n) is 2.87. The van der Waals surface area contributed by atoms with Crippen molar-refractivity contribution >= 4 is 29.7 Å². The van der Waals surface area contributed by atoms with Crippen LogP contribution in [0.2, 0.25) is 0 Å². The molecule has 0 aromatic carbocycles. The fraction of sp³-hybridized carbons (Fsp3) is 0.769. The minimum atomic E-state index is -0.710. The Morgan fingerprint density at radius 2 is 1.71 bits per heavy atom. The average Bonchev–Trinajstić information content (AvgIpc) is 2.37. The van der Waals surface area contributed by atoms with E-state index >= 15 is 0 Å². The third-order valence-corrected chi connectivity index (χ3v) is 4.35. The summed E-state index contributed by atoms with van der Waals surface area (Å²) in [5.74, 6) is -1.45. The molecular weight excluding hydrogens is 300 g/mol. The van der Waals surface area contributed by atoms with Crippen LogP contribution in [0.4, 0.5) is 0 Å². The van der Waals surface area contributed by atoms with Gasteiger partial charge in [0.2, 0.25) is 0 Å². The summed E-state index contributed by atoms with van der Waals surface area (Å²) < 4.78 is 15.4. The van der Waals surface area contributed by atoms with Crippen LogP contribution in [0.15, 0.2) is 0 Å². The third kappa shape index (κ3) is 5.92. The van der Waals surface area contributed by atoms with Gasteiger partial charge in [-0.25, -0.2) is 0 Å². The summed E-state index contributed by atoms with van der Waals surface area (Å²) in [7, 11) is 0. The van der Waals surface area contributed by atoms with Crippen molar-refractivity contribution in [1.29, 1.82) is 0 Å². The lowest BCUT2D eigenvalue weighted by Gasteiger charge is -2.39. The van der Waals surface area contributed by atoms with Crippen molar-refractivity contribution in [3.05, 3.63) is 0 Å². The fourth-order valence-electron chi connectivity index (χ4n) is 2.14. The minimum absolute atomic E-state index is 0.0201. The number of aliphatic hydroxyl groups excluding tert-OH is 1. The Morgan fingerprint density at radius 1 is 1.10 bits per heavy atom. The van der Waals surface area contributed by atoms with E-state index < -0.39 is 35.4 Å². The largest absolute Gasteiger partial charge is 0.465 e. The van der Waals surface area contributed by atoms with Crippen LogP contribution >= 0.6 is 11.8 Å². The summed E-state index contributed by atoms with van der Waals surface area (Å²) in [5.41, 5.74) is 0. The predicted molar refractivity (Wildman–Crippen MR) is 74.6 cm³/mol. The molecule has 0 aliphatic carbocycles. The first-order chi connectivity index (χ1) is 9.83. The second kappa shape index (κ2) is 8.23. The summed E-state index contributed by atoms with van der Waals surface area (Å²) in [6.45, 7) is 3.72. The molecule has 1 heterocycles. The molecule has 21 heavy (non-hydrogen) atoms. The van der Waals surface area contributed by atoms with Gasteiger partial charge >= 0.3 is 17.9 Å². The van der Waals surface area contributed by atoms with Gasteiger partial charge in [-0.15, -0.1) is 11.8 Å². The van der Waals surface area contributed by atoms with E-state index in [0.717, 1.165) is 0 Å². The topological polar surface area (TPSA) is 99.1 Å². The number of aliphatic hydroxyl groups is 1. The summed E-state index contributed by atoms with van der Waals surface area (Å²) in [5, 5.41) is 8.76. The Kier molecular flexibility index (Phi) is 6.97. The van der Waals surface area contributed by atoms with Gasteiger partial charge in [-0.2, -0.15) is 0 Å². The van der Waals surface area contributed by atoms with Gasteiger partial charge in [-0.1, -0.05) is 0 Å². The number of carbonyl (C=O) groups is 3. The van der Waals surface area contributed by atoms with Crippen molar-refractivity contribution in [3.8, 4) is 0 Å². The van der Waals surface area contributed by atoms with Crippen molar-refractivity contribution in [2.45, 2.75) is 49.9 Å². The lowest BCUT2D eigenvalue weighted by atomic mass is 10.0. The van der Waals surface area contributed by atoms with Crippen LogP contribution in [0.5, 0.6) is 0 Å². The molecule has 7 nitrogen and oxygen atoms in total. The molecule has 1 N–H and O–H groups in total. The molecule has 1 unspecified atom stereocenters. The van der Waals surface area contributed by atoms with Crippen LogP contribution < -0.4 is 0 Å². The van der Waals surface area contributed by atoms with Gasteiger partial charge in [0.25, 0.3) is 0 Å². The Labute approximate surface area is 127 Å². The molecule has 0 aromatic rings. The molecule has 4 atom stereocenters. The molecular formula is C13H20O7S. The van der Waals surface area contributed by atoms with Crippen molar-refractivity contribution in [2.24, 2.45) is 0 Å². The summed E-state index contributed by atoms with van der Waals surface area (Å²) in [6.07, 6.45) is -1.00. The highest BCUT2D eigenvalue weighted by molar-refractivity contribution is 8.00. The minimum Gasteiger partial charge on any atom is -0.465 e. The molecule has 0 aromatic heterocycles. The molecule has 0 bridgehead atoms. The van der Waals surface area contributed by atoms with Crippen molar-refractivity contribution < 1.29 is 33.7 Å². The van der Waals surface area contributed by atoms with Crippen LogP contribution in [0.25, 0.3) is 0 Å². The first-order valence-electron chi connectivity index (χ1n) is 6.57. The number of esters is 3. The summed E-state index contributed by atoms with van der Waals surface area (Å²) >= 11 is 1.36. The van der Waals surface area contributed by atoms with Crippen molar-refractivity contribution in [1.82, 2.24) is 0 Å². The van der Waals surface area contributed by atoms with E-state index in [-0.39, 0.29) is 18.5 Å². The molecule has 0 radical (unpaired) electrons. The van der Waals surface area contributed by atoms with E-state index in [1.165, 1.54) is 32.5 Å². The zero-order valence-corrected chi connectivity index (χ0v) is 13.1. The van der Waals surface area contributed by atoms with Crippen LogP contribution in [0, 0.1) is 0 Å². The fourth-order valence-corrected chi connectivity index (χ4v) is 3.55. The Hall–Kier alpha value is -1.28. The normalized spacial score (nSPS) is 28.6. The number of ether oxygens (including phenoxy) is 3. The zero-order valence-electron chi connectivity index (χ0n) is 12.2. The highest BCUT2D eigenvalue weighted by atomic mass is 32.2. The number of rotatable bonds is 5. The Bertz CT molecular complexity index is 398. The Balaban J connectivity index is 2.87. The van der Waals surface area contributed by atoms with E-state index in [1.807, 2.05) is 0 Å².